The van der Waals surface area contributed by atoms with Crippen LogP contribution < -0.4 is 5.32 Å². The van der Waals surface area contributed by atoms with Gasteiger partial charge in [0, 0.05) is 15.1 Å². The van der Waals surface area contributed by atoms with Crippen LogP contribution in [0.5, 0.6) is 0 Å². The molecule has 5 heteroatoms. The first kappa shape index (κ1) is 15.1. The van der Waals surface area contributed by atoms with Crippen LogP contribution in [0.25, 0.3) is 0 Å². The lowest BCUT2D eigenvalue weighted by atomic mass is 10.3. The van der Waals surface area contributed by atoms with Crippen LogP contribution in [0.4, 0.5) is 10.1 Å². The first-order valence-electron chi connectivity index (χ1n) is 6.04. The Morgan fingerprint density at radius 2 is 2.00 bits per heavy atom. The van der Waals surface area contributed by atoms with Crippen LogP contribution in [0.3, 0.4) is 0 Å². The second-order valence-corrected chi connectivity index (χ2v) is 6.43. The number of hydrogen-bond donors (Lipinski definition) is 1. The van der Waals surface area contributed by atoms with Gasteiger partial charge in [-0.05, 0) is 53.2 Å². The highest BCUT2D eigenvalue weighted by Gasteiger charge is 2.15. The van der Waals surface area contributed by atoms with Crippen LogP contribution in [-0.4, -0.2) is 11.2 Å². The molecule has 0 fully saturated rings. The Balaban J connectivity index is 2.01. The molecule has 0 saturated carbocycles. The van der Waals surface area contributed by atoms with E-state index in [1.165, 1.54) is 23.9 Å². The van der Waals surface area contributed by atoms with E-state index in [1.54, 1.807) is 12.1 Å². The van der Waals surface area contributed by atoms with Crippen LogP contribution in [0.1, 0.15) is 6.92 Å². The molecule has 1 atom stereocenters. The number of hydrogen-bond acceptors (Lipinski definition) is 2. The number of halogens is 2. The number of nitrogens with one attached hydrogen (secondary N) is 1. The molecule has 2 rings (SSSR count). The third-order valence-electron chi connectivity index (χ3n) is 2.60. The Morgan fingerprint density at radius 1 is 1.25 bits per heavy atom. The monoisotopic (exact) mass is 353 g/mol. The molecule has 0 radical (unpaired) electrons. The van der Waals surface area contributed by atoms with Gasteiger partial charge in [0.25, 0.3) is 0 Å². The van der Waals surface area contributed by atoms with Crippen LogP contribution in [0.2, 0.25) is 0 Å². The fourth-order valence-corrected chi connectivity index (χ4v) is 3.04. The smallest absolute Gasteiger partial charge is 0.237 e. The SMILES string of the molecule is C[C@@H](Sc1ccccc1Br)C(=O)Nc1cccc(F)c1. The number of thioether (sulfide) groups is 1. The zero-order valence-electron chi connectivity index (χ0n) is 10.8. The molecule has 0 heterocycles. The van der Waals surface area contributed by atoms with Crippen molar-refractivity contribution in [1.82, 2.24) is 0 Å². The normalized spacial score (nSPS) is 11.9. The third kappa shape index (κ3) is 4.08. The van der Waals surface area contributed by atoms with E-state index < -0.39 is 0 Å². The van der Waals surface area contributed by atoms with Crippen molar-refractivity contribution in [2.75, 3.05) is 5.32 Å². The van der Waals surface area contributed by atoms with E-state index in [1.807, 2.05) is 31.2 Å². The van der Waals surface area contributed by atoms with Crippen molar-refractivity contribution in [2.45, 2.75) is 17.1 Å². The number of benzene rings is 2. The van der Waals surface area contributed by atoms with E-state index >= 15 is 0 Å². The number of carbonyl (C=O) groups excluding carboxylic acids is 1. The molecule has 0 aromatic heterocycles. The Labute approximate surface area is 129 Å². The molecule has 1 N–H and O–H groups in total. The van der Waals surface area contributed by atoms with Gasteiger partial charge >= 0.3 is 0 Å². The summed E-state index contributed by atoms with van der Waals surface area (Å²) in [5, 5.41) is 2.43. The van der Waals surface area contributed by atoms with Crippen LogP contribution >= 0.6 is 27.7 Å². The highest BCUT2D eigenvalue weighted by Crippen LogP contribution is 2.30. The van der Waals surface area contributed by atoms with Gasteiger partial charge in [0.05, 0.1) is 5.25 Å². The first-order valence-corrected chi connectivity index (χ1v) is 7.71. The van der Waals surface area contributed by atoms with Gasteiger partial charge in [-0.3, -0.25) is 4.79 Å². The van der Waals surface area contributed by atoms with Crippen molar-refractivity contribution in [3.05, 3.63) is 58.8 Å². The van der Waals surface area contributed by atoms with E-state index in [9.17, 15) is 9.18 Å². The predicted molar refractivity (Wildman–Crippen MR) is 84.5 cm³/mol. The molecule has 0 saturated heterocycles. The summed E-state index contributed by atoms with van der Waals surface area (Å²) in [6.45, 7) is 1.82. The lowest BCUT2D eigenvalue weighted by Crippen LogP contribution is -2.22. The van der Waals surface area contributed by atoms with E-state index in [4.69, 9.17) is 0 Å². The van der Waals surface area contributed by atoms with Gasteiger partial charge in [0.15, 0.2) is 0 Å². The first-order chi connectivity index (χ1) is 9.56. The van der Waals surface area contributed by atoms with Crippen LogP contribution in [-0.2, 0) is 4.79 Å². The zero-order chi connectivity index (χ0) is 14.5. The summed E-state index contributed by atoms with van der Waals surface area (Å²) in [7, 11) is 0. The van der Waals surface area contributed by atoms with Gasteiger partial charge in [-0.1, -0.05) is 18.2 Å². The maximum Gasteiger partial charge on any atom is 0.237 e. The minimum Gasteiger partial charge on any atom is -0.325 e. The minimum atomic E-state index is -0.367. The molecular weight excluding hydrogens is 341 g/mol. The third-order valence-corrected chi connectivity index (χ3v) is 4.73. The molecule has 20 heavy (non-hydrogen) atoms. The maximum atomic E-state index is 13.1. The van der Waals surface area contributed by atoms with Gasteiger partial charge in [-0.25, -0.2) is 4.39 Å². The van der Waals surface area contributed by atoms with Crippen molar-refractivity contribution in [3.63, 3.8) is 0 Å². The van der Waals surface area contributed by atoms with Gasteiger partial charge < -0.3 is 5.32 Å². The van der Waals surface area contributed by atoms with Crippen molar-refractivity contribution in [3.8, 4) is 0 Å². The average molecular weight is 354 g/mol. The molecule has 0 spiro atoms. The van der Waals surface area contributed by atoms with E-state index in [2.05, 4.69) is 21.2 Å². The standard InChI is InChI=1S/C15H13BrFNOS/c1-10(20-14-8-3-2-7-13(14)16)15(19)18-12-6-4-5-11(17)9-12/h2-10H,1H3,(H,18,19)/t10-/m1/s1. The molecule has 0 aliphatic rings. The fourth-order valence-electron chi connectivity index (χ4n) is 1.59. The molecule has 2 aromatic rings. The summed E-state index contributed by atoms with van der Waals surface area (Å²) in [5.41, 5.74) is 0.467. The summed E-state index contributed by atoms with van der Waals surface area (Å²) in [4.78, 5) is 13.1. The Hall–Kier alpha value is -1.33. The lowest BCUT2D eigenvalue weighted by molar-refractivity contribution is -0.115. The molecule has 104 valence electrons. The van der Waals surface area contributed by atoms with Crippen molar-refractivity contribution in [2.24, 2.45) is 0 Å². The van der Waals surface area contributed by atoms with Crippen molar-refractivity contribution in [1.29, 1.82) is 0 Å². The zero-order valence-corrected chi connectivity index (χ0v) is 13.2. The summed E-state index contributed by atoms with van der Waals surface area (Å²) >= 11 is 4.90. The van der Waals surface area contributed by atoms with E-state index in [-0.39, 0.29) is 17.0 Å². The summed E-state index contributed by atoms with van der Waals surface area (Å²) in [5.74, 6) is -0.523. The van der Waals surface area contributed by atoms with E-state index in [0.717, 1.165) is 9.37 Å². The van der Waals surface area contributed by atoms with Gasteiger partial charge in [0.1, 0.15) is 5.82 Å². The maximum absolute atomic E-state index is 13.1. The quantitative estimate of drug-likeness (QED) is 0.806. The molecule has 0 bridgehead atoms. The predicted octanol–water partition coefficient (Wildman–Crippen LogP) is 4.71. The number of rotatable bonds is 4. The summed E-state index contributed by atoms with van der Waals surface area (Å²) < 4.78 is 14.0. The highest BCUT2D eigenvalue weighted by molar-refractivity contribution is 9.10. The molecule has 1 amide bonds. The topological polar surface area (TPSA) is 29.1 Å². The molecule has 0 aliphatic carbocycles. The Morgan fingerprint density at radius 3 is 2.70 bits per heavy atom. The lowest BCUT2D eigenvalue weighted by Gasteiger charge is -2.13. The van der Waals surface area contributed by atoms with Crippen molar-refractivity contribution < 1.29 is 9.18 Å². The molecule has 2 aromatic carbocycles. The average Bonchev–Trinajstić information content (AvgIpc) is 2.41. The Kier molecular flexibility index (Phi) is 5.20. The van der Waals surface area contributed by atoms with E-state index in [0.29, 0.717) is 5.69 Å². The number of amides is 1. The highest BCUT2D eigenvalue weighted by atomic mass is 79.9. The molecule has 2 nitrogen and oxygen atoms in total. The largest absolute Gasteiger partial charge is 0.325 e. The number of anilines is 1. The van der Waals surface area contributed by atoms with Gasteiger partial charge in [0.2, 0.25) is 5.91 Å². The van der Waals surface area contributed by atoms with Crippen LogP contribution in [0.15, 0.2) is 57.9 Å². The fraction of sp³-hybridized carbons (Fsp3) is 0.133. The second kappa shape index (κ2) is 6.90. The van der Waals surface area contributed by atoms with Crippen LogP contribution in [0, 0.1) is 5.82 Å². The van der Waals surface area contributed by atoms with Gasteiger partial charge in [-0.15, -0.1) is 11.8 Å². The summed E-state index contributed by atoms with van der Waals surface area (Å²) in [6.07, 6.45) is 0. The van der Waals surface area contributed by atoms with Crippen molar-refractivity contribution >= 4 is 39.3 Å². The second-order valence-electron chi connectivity index (χ2n) is 4.19. The molecule has 0 unspecified atom stereocenters. The number of carbonyl (C=O) groups is 1. The molecule has 0 aliphatic heterocycles. The Bertz CT molecular complexity index is 620. The summed E-state index contributed by atoms with van der Waals surface area (Å²) in [6, 6.07) is 13.6. The molecular formula is C15H13BrFNOS. The minimum absolute atomic E-state index is 0.156. The van der Waals surface area contributed by atoms with Gasteiger partial charge in [-0.2, -0.15) is 0 Å².